The van der Waals surface area contributed by atoms with Crippen LogP contribution in [0.4, 0.5) is 5.82 Å². The van der Waals surface area contributed by atoms with Crippen molar-refractivity contribution in [3.63, 3.8) is 0 Å². The first-order valence-corrected chi connectivity index (χ1v) is 8.07. The zero-order chi connectivity index (χ0) is 16.5. The molecule has 0 aliphatic heterocycles. The average molecular weight is 327 g/mol. The monoisotopic (exact) mass is 327 g/mol. The summed E-state index contributed by atoms with van der Waals surface area (Å²) in [5.74, 6) is -0.0376. The highest BCUT2D eigenvalue weighted by Crippen LogP contribution is 2.25. The van der Waals surface area contributed by atoms with E-state index in [4.69, 9.17) is 9.26 Å². The summed E-state index contributed by atoms with van der Waals surface area (Å²) >= 11 is 0. The van der Waals surface area contributed by atoms with E-state index in [9.17, 15) is 13.2 Å². The number of carbonyl (C=O) groups excluding carboxylic acids is 1. The molecule has 2 aromatic heterocycles. The average Bonchev–Trinajstić information content (AvgIpc) is 2.93. The standard InChI is InChI=1S/C13H17N3O5S/c1-5-20-13(17)11-8(3)12(9(4)14-11)22(18,19)16-10-6-7(2)21-15-10/h6,14H,5H2,1-4H3,(H,15,16). The van der Waals surface area contributed by atoms with Crippen molar-refractivity contribution in [3.8, 4) is 0 Å². The van der Waals surface area contributed by atoms with Gasteiger partial charge in [-0.25, -0.2) is 13.2 Å². The molecule has 22 heavy (non-hydrogen) atoms. The van der Waals surface area contributed by atoms with Crippen LogP contribution in [0.3, 0.4) is 0 Å². The molecule has 0 fully saturated rings. The quantitative estimate of drug-likeness (QED) is 0.811. The Morgan fingerprint density at radius 1 is 1.41 bits per heavy atom. The topological polar surface area (TPSA) is 114 Å². The van der Waals surface area contributed by atoms with Crippen molar-refractivity contribution >= 4 is 21.8 Å². The lowest BCUT2D eigenvalue weighted by Crippen LogP contribution is -2.15. The molecule has 0 radical (unpaired) electrons. The molecule has 2 aromatic rings. The Morgan fingerprint density at radius 2 is 2.09 bits per heavy atom. The fourth-order valence-corrected chi connectivity index (χ4v) is 3.58. The van der Waals surface area contributed by atoms with Gasteiger partial charge in [0, 0.05) is 17.3 Å². The van der Waals surface area contributed by atoms with Crippen molar-refractivity contribution in [2.24, 2.45) is 0 Å². The van der Waals surface area contributed by atoms with Gasteiger partial charge in [-0.15, -0.1) is 0 Å². The van der Waals surface area contributed by atoms with Gasteiger partial charge in [-0.2, -0.15) is 0 Å². The maximum atomic E-state index is 12.5. The Labute approximate surface area is 127 Å². The van der Waals surface area contributed by atoms with Crippen molar-refractivity contribution in [2.75, 3.05) is 11.3 Å². The smallest absolute Gasteiger partial charge is 0.355 e. The molecule has 0 spiro atoms. The van der Waals surface area contributed by atoms with Crippen LogP contribution >= 0.6 is 0 Å². The summed E-state index contributed by atoms with van der Waals surface area (Å²) in [7, 11) is -3.90. The van der Waals surface area contributed by atoms with E-state index in [0.29, 0.717) is 17.0 Å². The SMILES string of the molecule is CCOC(=O)c1[nH]c(C)c(S(=O)(=O)Nc2cc(C)on2)c1C. The molecule has 2 N–H and O–H groups in total. The Morgan fingerprint density at radius 3 is 2.64 bits per heavy atom. The van der Waals surface area contributed by atoms with Crippen molar-refractivity contribution < 1.29 is 22.5 Å². The predicted molar refractivity (Wildman–Crippen MR) is 78.3 cm³/mol. The summed E-state index contributed by atoms with van der Waals surface area (Å²) in [5, 5.41) is 3.59. The van der Waals surface area contributed by atoms with Crippen LogP contribution in [0.5, 0.6) is 0 Å². The number of carbonyl (C=O) groups is 1. The van der Waals surface area contributed by atoms with Crippen molar-refractivity contribution in [1.29, 1.82) is 0 Å². The van der Waals surface area contributed by atoms with Crippen molar-refractivity contribution in [2.45, 2.75) is 32.6 Å². The van der Waals surface area contributed by atoms with Gasteiger partial charge in [0.25, 0.3) is 10.0 Å². The molecule has 0 aliphatic carbocycles. The third-order valence-electron chi connectivity index (χ3n) is 2.98. The Hall–Kier alpha value is -2.29. The first kappa shape index (κ1) is 16.1. The molecule has 0 unspecified atom stereocenters. The summed E-state index contributed by atoms with van der Waals surface area (Å²) in [5.41, 5.74) is 0.757. The van der Waals surface area contributed by atoms with E-state index >= 15 is 0 Å². The molecule has 0 aliphatic rings. The zero-order valence-corrected chi connectivity index (χ0v) is 13.5. The van der Waals surface area contributed by atoms with Crippen LogP contribution in [-0.2, 0) is 14.8 Å². The van der Waals surface area contributed by atoms with Gasteiger partial charge in [0.2, 0.25) is 0 Å². The first-order valence-electron chi connectivity index (χ1n) is 6.58. The molecule has 0 amide bonds. The number of sulfonamides is 1. The maximum Gasteiger partial charge on any atom is 0.355 e. The van der Waals surface area contributed by atoms with Crippen LogP contribution in [0.25, 0.3) is 0 Å². The zero-order valence-electron chi connectivity index (χ0n) is 12.7. The summed E-state index contributed by atoms with van der Waals surface area (Å²) in [6, 6.07) is 1.46. The van der Waals surface area contributed by atoms with E-state index in [1.54, 1.807) is 27.7 Å². The number of esters is 1. The number of rotatable bonds is 5. The van der Waals surface area contributed by atoms with Crippen LogP contribution < -0.4 is 4.72 Å². The molecule has 9 heteroatoms. The molecule has 0 saturated heterocycles. The summed E-state index contributed by atoms with van der Waals surface area (Å²) in [6.45, 7) is 6.64. The number of ether oxygens (including phenoxy) is 1. The van der Waals surface area contributed by atoms with E-state index in [-0.39, 0.29) is 23.0 Å². The minimum Gasteiger partial charge on any atom is -0.461 e. The van der Waals surface area contributed by atoms with E-state index in [2.05, 4.69) is 14.9 Å². The fraction of sp³-hybridized carbons (Fsp3) is 0.385. The van der Waals surface area contributed by atoms with Gasteiger partial charge in [0.15, 0.2) is 5.82 Å². The second-order valence-electron chi connectivity index (χ2n) is 4.73. The Bertz CT molecular complexity index is 804. The van der Waals surface area contributed by atoms with E-state index < -0.39 is 16.0 Å². The van der Waals surface area contributed by atoms with Crippen LogP contribution in [0, 0.1) is 20.8 Å². The second kappa shape index (κ2) is 5.84. The molecular weight excluding hydrogens is 310 g/mol. The van der Waals surface area contributed by atoms with Gasteiger partial charge in [-0.1, -0.05) is 5.16 Å². The van der Waals surface area contributed by atoms with E-state index in [0.717, 1.165) is 0 Å². The summed E-state index contributed by atoms with van der Waals surface area (Å²) < 4.78 is 37.0. The van der Waals surface area contributed by atoms with Gasteiger partial charge in [0.1, 0.15) is 16.3 Å². The van der Waals surface area contributed by atoms with Crippen LogP contribution in [-0.4, -0.2) is 31.1 Å². The Kier molecular flexibility index (Phi) is 4.27. The van der Waals surface area contributed by atoms with Gasteiger partial charge in [-0.3, -0.25) is 4.72 Å². The van der Waals surface area contributed by atoms with Gasteiger partial charge < -0.3 is 14.2 Å². The number of nitrogens with zero attached hydrogens (tertiary/aromatic N) is 1. The summed E-state index contributed by atoms with van der Waals surface area (Å²) in [4.78, 5) is 14.6. The molecule has 0 bridgehead atoms. The lowest BCUT2D eigenvalue weighted by atomic mass is 10.2. The van der Waals surface area contributed by atoms with Crippen molar-refractivity contribution in [3.05, 3.63) is 28.8 Å². The van der Waals surface area contributed by atoms with E-state index in [1.807, 2.05) is 0 Å². The first-order chi connectivity index (χ1) is 10.3. The predicted octanol–water partition coefficient (Wildman–Crippen LogP) is 1.91. The normalized spacial score (nSPS) is 11.5. The minimum atomic E-state index is -3.90. The molecule has 0 atom stereocenters. The maximum absolute atomic E-state index is 12.5. The second-order valence-corrected chi connectivity index (χ2v) is 6.35. The number of aromatic nitrogens is 2. The number of hydrogen-bond acceptors (Lipinski definition) is 6. The van der Waals surface area contributed by atoms with Gasteiger partial charge >= 0.3 is 5.97 Å². The third-order valence-corrected chi connectivity index (χ3v) is 4.61. The fourth-order valence-electron chi connectivity index (χ4n) is 2.15. The van der Waals surface area contributed by atoms with E-state index in [1.165, 1.54) is 6.07 Å². The third kappa shape index (κ3) is 2.98. The molecule has 0 saturated carbocycles. The highest BCUT2D eigenvalue weighted by Gasteiger charge is 2.27. The van der Waals surface area contributed by atoms with Gasteiger partial charge in [-0.05, 0) is 27.7 Å². The lowest BCUT2D eigenvalue weighted by molar-refractivity contribution is 0.0519. The molecule has 2 heterocycles. The molecule has 8 nitrogen and oxygen atoms in total. The number of hydrogen-bond donors (Lipinski definition) is 2. The molecule has 0 aromatic carbocycles. The lowest BCUT2D eigenvalue weighted by Gasteiger charge is -2.06. The highest BCUT2D eigenvalue weighted by molar-refractivity contribution is 7.92. The highest BCUT2D eigenvalue weighted by atomic mass is 32.2. The van der Waals surface area contributed by atoms with Gasteiger partial charge in [0.05, 0.1) is 6.61 Å². The molecule has 120 valence electrons. The molecule has 2 rings (SSSR count). The number of aryl methyl sites for hydroxylation is 2. The number of H-pyrrole nitrogens is 1. The number of nitrogens with one attached hydrogen (secondary N) is 2. The largest absolute Gasteiger partial charge is 0.461 e. The number of aromatic amines is 1. The van der Waals surface area contributed by atoms with Crippen molar-refractivity contribution in [1.82, 2.24) is 10.1 Å². The summed E-state index contributed by atoms with van der Waals surface area (Å²) in [6.07, 6.45) is 0. The van der Waals surface area contributed by atoms with Crippen LogP contribution in [0.1, 0.15) is 34.4 Å². The van der Waals surface area contributed by atoms with Crippen LogP contribution in [0.2, 0.25) is 0 Å². The number of anilines is 1. The molecular formula is C13H17N3O5S. The Balaban J connectivity index is 2.41. The minimum absolute atomic E-state index is 0.00351. The van der Waals surface area contributed by atoms with Crippen LogP contribution in [0.15, 0.2) is 15.5 Å².